The molecule has 0 aromatic carbocycles. The third kappa shape index (κ3) is 231. The van der Waals surface area contributed by atoms with Crippen LogP contribution in [-0.4, -0.2) is 27.5 Å². The zero-order valence-electron chi connectivity index (χ0n) is 4.59. The van der Waals surface area contributed by atoms with Crippen LogP contribution >= 0.6 is 0 Å². The van der Waals surface area contributed by atoms with Gasteiger partial charge in [-0.15, -0.1) is 0 Å². The van der Waals surface area contributed by atoms with E-state index in [-0.39, 0.29) is 6.15 Å². The summed E-state index contributed by atoms with van der Waals surface area (Å²) < 4.78 is 0. The van der Waals surface area contributed by atoms with Crippen molar-refractivity contribution < 1.29 is 20.2 Å². The van der Waals surface area contributed by atoms with Gasteiger partial charge in [-0.05, 0) is 0 Å². The molecule has 9 heavy (non-hydrogen) atoms. The Hall–Kier alpha value is -0.895. The van der Waals surface area contributed by atoms with Gasteiger partial charge in [-0.3, -0.25) is 0 Å². The lowest BCUT2D eigenvalue weighted by atomic mass is 10.3. The maximum absolute atomic E-state index is 8.25. The Bertz CT molecular complexity index is 55.3. The van der Waals surface area contributed by atoms with E-state index in [1.807, 2.05) is 0 Å². The van der Waals surface area contributed by atoms with Crippen molar-refractivity contribution in [2.45, 2.75) is 0 Å². The average molecular weight is 142 g/mol. The summed E-state index contributed by atoms with van der Waals surface area (Å²) in [7, 11) is -2.17. The minimum absolute atomic E-state index is 0. The predicted octanol–water partition coefficient (Wildman–Crippen LogP) is -1.91. The molecule has 56 valence electrons. The highest BCUT2D eigenvalue weighted by Gasteiger charge is 1.92. The minimum Gasteiger partial charge on any atom is -0.402 e. The van der Waals surface area contributed by atoms with Gasteiger partial charge >= 0.3 is 7.32 Å². The highest BCUT2D eigenvalue weighted by molar-refractivity contribution is 6.30. The molecule has 9 heteroatoms. The molecule has 0 heterocycles. The maximum atomic E-state index is 8.25. The van der Waals surface area contributed by atoms with Gasteiger partial charge in [-0.1, -0.05) is 0 Å². The summed E-state index contributed by atoms with van der Waals surface area (Å²) in [6.45, 7) is 0. The van der Waals surface area contributed by atoms with Gasteiger partial charge in [0.25, 0.3) is 0 Å². The fraction of sp³-hybridized carbons (Fsp3) is 0. The molecular formula is H7BN2O6. The van der Waals surface area contributed by atoms with Crippen molar-refractivity contribution in [1.29, 1.82) is 0 Å². The molecule has 8 nitrogen and oxygen atoms in total. The molecule has 0 fully saturated rings. The molecule has 0 spiro atoms. The quantitative estimate of drug-likeness (QED) is 0.175. The van der Waals surface area contributed by atoms with Crippen molar-refractivity contribution in [3.05, 3.63) is 15.3 Å². The van der Waals surface area contributed by atoms with Crippen LogP contribution in [0.3, 0.4) is 0 Å². The lowest BCUT2D eigenvalue weighted by molar-refractivity contribution is -0.402. The molecule has 0 aromatic heterocycles. The van der Waals surface area contributed by atoms with Gasteiger partial charge in [0.05, 0.1) is 5.09 Å². The molecule has 0 bridgehead atoms. The van der Waals surface area contributed by atoms with Crippen LogP contribution in [0.15, 0.2) is 0 Å². The molecule has 0 aliphatic carbocycles. The van der Waals surface area contributed by atoms with E-state index in [1.54, 1.807) is 0 Å². The summed E-state index contributed by atoms with van der Waals surface area (Å²) in [6.07, 6.45) is 0. The molecule has 0 radical (unpaired) electrons. The number of rotatable bonds is 0. The van der Waals surface area contributed by atoms with Crippen molar-refractivity contribution in [1.82, 2.24) is 6.15 Å². The Kier molecular flexibility index (Phi) is 17.7. The van der Waals surface area contributed by atoms with Crippen LogP contribution in [0.2, 0.25) is 0 Å². The molecule has 0 saturated carbocycles. The van der Waals surface area contributed by atoms with E-state index in [0.29, 0.717) is 0 Å². The summed E-state index contributed by atoms with van der Waals surface area (Å²) in [5, 5.41) is 36.2. The lowest BCUT2D eigenvalue weighted by Crippen LogP contribution is -2.07. The summed E-state index contributed by atoms with van der Waals surface area (Å²) in [5.41, 5.74) is 0. The number of nitrogens with zero attached hydrogens (tertiary/aromatic N) is 1. The topological polar surface area (TPSA) is 163 Å². The zero-order chi connectivity index (χ0) is 7.15. The lowest BCUT2D eigenvalue weighted by Gasteiger charge is -1.74. The van der Waals surface area contributed by atoms with Gasteiger partial charge in [0, 0.05) is 0 Å². The van der Waals surface area contributed by atoms with Gasteiger partial charge in [-0.2, -0.15) is 0 Å². The van der Waals surface area contributed by atoms with E-state index in [1.165, 1.54) is 0 Å². The Morgan fingerprint density at radius 2 is 1.22 bits per heavy atom. The first-order valence-corrected chi connectivity index (χ1v) is 1.32. The third-order valence-corrected chi connectivity index (χ3v) is 0. The van der Waals surface area contributed by atoms with E-state index in [2.05, 4.69) is 0 Å². The number of quaternary nitrogens is 1. The second-order valence-corrected chi connectivity index (χ2v) is 0.570. The molecule has 7 N–H and O–H groups in total. The third-order valence-electron chi connectivity index (χ3n) is 0. The Morgan fingerprint density at radius 1 is 1.22 bits per heavy atom. The van der Waals surface area contributed by atoms with Crippen LogP contribution in [0.1, 0.15) is 0 Å². The van der Waals surface area contributed by atoms with Gasteiger partial charge in [0.15, 0.2) is 0 Å². The molecule has 0 atom stereocenters. The van der Waals surface area contributed by atoms with Gasteiger partial charge < -0.3 is 36.5 Å². The van der Waals surface area contributed by atoms with E-state index in [0.717, 1.165) is 0 Å². The highest BCUT2D eigenvalue weighted by atomic mass is 16.9. The van der Waals surface area contributed by atoms with Crippen molar-refractivity contribution in [3.63, 3.8) is 0 Å². The van der Waals surface area contributed by atoms with Crippen LogP contribution < -0.4 is 6.15 Å². The maximum Gasteiger partial charge on any atom is 0.631 e. The predicted molar refractivity (Wildman–Crippen MR) is 28.8 cm³/mol. The number of hydrogen-bond donors (Lipinski definition) is 4. The summed E-state index contributed by atoms with van der Waals surface area (Å²) in [5.74, 6) is 0. The highest BCUT2D eigenvalue weighted by Crippen LogP contribution is 1.44. The Morgan fingerprint density at radius 3 is 1.22 bits per heavy atom. The molecule has 0 aliphatic rings. The van der Waals surface area contributed by atoms with Crippen molar-refractivity contribution in [3.8, 4) is 0 Å². The minimum atomic E-state index is -2.17. The Balaban J connectivity index is -0.0000000720. The SMILES string of the molecule is O=[N+]([O-])[O-].OB(O)O.[NH4+]. The van der Waals surface area contributed by atoms with Crippen LogP contribution in [0.5, 0.6) is 0 Å². The van der Waals surface area contributed by atoms with Crippen molar-refractivity contribution >= 4 is 7.32 Å². The van der Waals surface area contributed by atoms with Crippen LogP contribution in [0, 0.1) is 15.3 Å². The summed E-state index contributed by atoms with van der Waals surface area (Å²) >= 11 is 0. The van der Waals surface area contributed by atoms with E-state index < -0.39 is 12.4 Å². The second kappa shape index (κ2) is 10.2. The zero-order valence-corrected chi connectivity index (χ0v) is 4.59. The Labute approximate surface area is 50.2 Å². The molecule has 0 aliphatic heterocycles. The van der Waals surface area contributed by atoms with Crippen molar-refractivity contribution in [2.24, 2.45) is 0 Å². The number of hydrogen-bond acceptors (Lipinski definition) is 6. The van der Waals surface area contributed by atoms with Crippen molar-refractivity contribution in [2.75, 3.05) is 0 Å². The van der Waals surface area contributed by atoms with Crippen LogP contribution in [-0.2, 0) is 0 Å². The van der Waals surface area contributed by atoms with Gasteiger partial charge in [-0.25, -0.2) is 0 Å². The van der Waals surface area contributed by atoms with E-state index in [4.69, 9.17) is 30.4 Å². The average Bonchev–Trinajstić information content (AvgIpc) is 1.25. The first-order valence-electron chi connectivity index (χ1n) is 1.32. The van der Waals surface area contributed by atoms with E-state index >= 15 is 0 Å². The van der Waals surface area contributed by atoms with Gasteiger partial charge in [0.2, 0.25) is 0 Å². The molecular weight excluding hydrogens is 135 g/mol. The van der Waals surface area contributed by atoms with E-state index in [9.17, 15) is 0 Å². The molecule has 0 amide bonds. The van der Waals surface area contributed by atoms with Crippen LogP contribution in [0.4, 0.5) is 0 Å². The molecule has 0 saturated heterocycles. The molecule has 0 unspecified atom stereocenters. The van der Waals surface area contributed by atoms with Gasteiger partial charge in [0.1, 0.15) is 0 Å². The standard InChI is InChI=1S/BH3O3.NO3.H3N/c2*2-1(3)4;/h2-4H;;1H3/q;-1;/p+1. The summed E-state index contributed by atoms with van der Waals surface area (Å²) in [6, 6.07) is 0. The molecule has 0 aromatic rings. The fourth-order valence-electron chi connectivity index (χ4n) is 0. The fourth-order valence-corrected chi connectivity index (χ4v) is 0. The largest absolute Gasteiger partial charge is 0.631 e. The monoisotopic (exact) mass is 142 g/mol. The molecule has 0 rings (SSSR count). The smallest absolute Gasteiger partial charge is 0.402 e. The van der Waals surface area contributed by atoms with Crippen LogP contribution in [0.25, 0.3) is 0 Å². The second-order valence-electron chi connectivity index (χ2n) is 0.570. The first kappa shape index (κ1) is 15.7. The summed E-state index contributed by atoms with van der Waals surface area (Å²) in [4.78, 5) is 8.25. The first-order chi connectivity index (χ1) is 3.46. The normalized spacial score (nSPS) is 5.67.